The van der Waals surface area contributed by atoms with Gasteiger partial charge in [-0.15, -0.1) is 0 Å². The van der Waals surface area contributed by atoms with Crippen molar-refractivity contribution < 1.29 is 13.2 Å². The molecule has 0 bridgehead atoms. The highest BCUT2D eigenvalue weighted by molar-refractivity contribution is 7.89. The van der Waals surface area contributed by atoms with Crippen molar-refractivity contribution in [3.63, 3.8) is 0 Å². The second-order valence-electron chi connectivity index (χ2n) is 4.78. The van der Waals surface area contributed by atoms with Crippen LogP contribution in [-0.4, -0.2) is 32.1 Å². The molecule has 1 atom stereocenters. The van der Waals surface area contributed by atoms with Gasteiger partial charge in [-0.2, -0.15) is 4.31 Å². The zero-order chi connectivity index (χ0) is 14.4. The molecule has 0 saturated heterocycles. The van der Waals surface area contributed by atoms with Crippen molar-refractivity contribution in [2.45, 2.75) is 37.3 Å². The van der Waals surface area contributed by atoms with Gasteiger partial charge in [-0.3, -0.25) is 0 Å². The van der Waals surface area contributed by atoms with Crippen LogP contribution in [0.3, 0.4) is 0 Å². The van der Waals surface area contributed by atoms with Gasteiger partial charge in [-0.1, -0.05) is 44.0 Å². The van der Waals surface area contributed by atoms with E-state index in [0.29, 0.717) is 18.0 Å². The third kappa shape index (κ3) is 3.48. The van der Waals surface area contributed by atoms with Crippen LogP contribution >= 0.6 is 0 Å². The zero-order valence-corrected chi connectivity index (χ0v) is 12.6. The molecule has 1 heterocycles. The fraction of sp³-hybridized carbons (Fsp3) is 0.467. The Morgan fingerprint density at radius 1 is 1.25 bits per heavy atom. The van der Waals surface area contributed by atoms with Crippen molar-refractivity contribution in [3.8, 4) is 0 Å². The molecule has 1 aromatic carbocycles. The van der Waals surface area contributed by atoms with Crippen molar-refractivity contribution >= 4 is 10.0 Å². The summed E-state index contributed by atoms with van der Waals surface area (Å²) in [5.41, 5.74) is 0. The van der Waals surface area contributed by atoms with Gasteiger partial charge < -0.3 is 4.74 Å². The Morgan fingerprint density at radius 2 is 2.00 bits per heavy atom. The smallest absolute Gasteiger partial charge is 0.245 e. The van der Waals surface area contributed by atoms with Gasteiger partial charge >= 0.3 is 0 Å². The third-order valence-electron chi connectivity index (χ3n) is 3.26. The normalized spacial score (nSPS) is 19.6. The van der Waals surface area contributed by atoms with Crippen LogP contribution in [0.1, 0.15) is 26.2 Å². The van der Waals surface area contributed by atoms with E-state index in [1.165, 1.54) is 4.31 Å². The van der Waals surface area contributed by atoms with E-state index in [4.69, 9.17) is 4.74 Å². The van der Waals surface area contributed by atoms with Gasteiger partial charge in [0.15, 0.2) is 0 Å². The zero-order valence-electron chi connectivity index (χ0n) is 11.7. The molecule has 1 aliphatic heterocycles. The molecular formula is C15H21NO3S. The van der Waals surface area contributed by atoms with Crippen molar-refractivity contribution in [2.24, 2.45) is 0 Å². The Hall–Kier alpha value is -1.17. The summed E-state index contributed by atoms with van der Waals surface area (Å²) in [5.74, 6) is 0. The molecule has 1 aliphatic rings. The predicted molar refractivity (Wildman–Crippen MR) is 78.7 cm³/mol. The van der Waals surface area contributed by atoms with Gasteiger partial charge in [0.05, 0.1) is 4.90 Å². The molecule has 110 valence electrons. The minimum atomic E-state index is -3.48. The fourth-order valence-corrected chi connectivity index (χ4v) is 3.60. The second kappa shape index (κ2) is 7.02. The van der Waals surface area contributed by atoms with Crippen LogP contribution in [0.25, 0.3) is 0 Å². The maximum Gasteiger partial charge on any atom is 0.245 e. The summed E-state index contributed by atoms with van der Waals surface area (Å²) < 4.78 is 32.2. The molecule has 0 fully saturated rings. The Balaban J connectivity index is 2.04. The van der Waals surface area contributed by atoms with Crippen LogP contribution in [0.2, 0.25) is 0 Å². The van der Waals surface area contributed by atoms with Crippen molar-refractivity contribution in [3.05, 3.63) is 42.5 Å². The molecule has 0 amide bonds. The lowest BCUT2D eigenvalue weighted by atomic mass is 10.3. The Labute approximate surface area is 121 Å². The van der Waals surface area contributed by atoms with E-state index in [1.807, 2.05) is 12.2 Å². The lowest BCUT2D eigenvalue weighted by Crippen LogP contribution is -2.37. The highest BCUT2D eigenvalue weighted by Crippen LogP contribution is 2.22. The van der Waals surface area contributed by atoms with Crippen molar-refractivity contribution in [1.29, 1.82) is 0 Å². The lowest BCUT2D eigenvalue weighted by Gasteiger charge is -2.24. The average Bonchev–Trinajstić information content (AvgIpc) is 2.94. The van der Waals surface area contributed by atoms with Gasteiger partial charge in [0.25, 0.3) is 0 Å². The van der Waals surface area contributed by atoms with Gasteiger partial charge in [0.2, 0.25) is 10.0 Å². The van der Waals surface area contributed by atoms with E-state index >= 15 is 0 Å². The van der Waals surface area contributed by atoms with E-state index in [9.17, 15) is 8.42 Å². The van der Waals surface area contributed by atoms with Gasteiger partial charge in [0, 0.05) is 13.2 Å². The molecule has 2 rings (SSSR count). The minimum absolute atomic E-state index is 0.311. The van der Waals surface area contributed by atoms with E-state index < -0.39 is 16.3 Å². The third-order valence-corrected chi connectivity index (χ3v) is 5.10. The summed E-state index contributed by atoms with van der Waals surface area (Å²) in [6.07, 6.45) is 6.35. The maximum absolute atomic E-state index is 12.5. The number of unbranched alkanes of at least 4 members (excludes halogenated alkanes) is 2. The lowest BCUT2D eigenvalue weighted by molar-refractivity contribution is 0.0238. The number of hydrogen-bond donors (Lipinski definition) is 0. The highest BCUT2D eigenvalue weighted by Gasteiger charge is 2.32. The van der Waals surface area contributed by atoms with E-state index in [-0.39, 0.29) is 0 Å². The average molecular weight is 295 g/mol. The molecular weight excluding hydrogens is 274 g/mol. The van der Waals surface area contributed by atoms with E-state index in [1.54, 1.807) is 30.3 Å². The Morgan fingerprint density at radius 3 is 2.70 bits per heavy atom. The first-order chi connectivity index (χ1) is 9.66. The number of hydrogen-bond acceptors (Lipinski definition) is 3. The summed E-state index contributed by atoms with van der Waals surface area (Å²) in [6, 6.07) is 8.49. The standard InChI is InChI=1S/C15H21NO3S/c1-2-3-7-13-19-15-11-8-12-16(15)20(17,18)14-9-5-4-6-10-14/h4-6,8-11,15H,2-3,7,12-13H2,1H3. The highest BCUT2D eigenvalue weighted by atomic mass is 32.2. The predicted octanol–water partition coefficient (Wildman–Crippen LogP) is 2.78. The number of rotatable bonds is 7. The Kier molecular flexibility index (Phi) is 5.34. The summed E-state index contributed by atoms with van der Waals surface area (Å²) in [4.78, 5) is 0.311. The topological polar surface area (TPSA) is 46.6 Å². The summed E-state index contributed by atoms with van der Waals surface area (Å²) in [7, 11) is -3.48. The number of sulfonamides is 1. The van der Waals surface area contributed by atoms with Crippen molar-refractivity contribution in [2.75, 3.05) is 13.2 Å². The summed E-state index contributed by atoms with van der Waals surface area (Å²) in [6.45, 7) is 3.08. The molecule has 0 saturated carbocycles. The molecule has 0 spiro atoms. The van der Waals surface area contributed by atoms with Crippen molar-refractivity contribution in [1.82, 2.24) is 4.31 Å². The number of nitrogens with zero attached hydrogens (tertiary/aromatic N) is 1. The monoisotopic (exact) mass is 295 g/mol. The first kappa shape index (κ1) is 15.2. The van der Waals surface area contributed by atoms with E-state index in [0.717, 1.165) is 19.3 Å². The molecule has 0 aliphatic carbocycles. The van der Waals surface area contributed by atoms with Gasteiger partial charge in [-0.25, -0.2) is 8.42 Å². The summed E-state index contributed by atoms with van der Waals surface area (Å²) >= 11 is 0. The van der Waals surface area contributed by atoms with Crippen LogP contribution in [0.5, 0.6) is 0 Å². The number of ether oxygens (including phenoxy) is 1. The van der Waals surface area contributed by atoms with Gasteiger partial charge in [0.1, 0.15) is 6.23 Å². The molecule has 0 radical (unpaired) electrons. The van der Waals surface area contributed by atoms with Crippen LogP contribution in [0.4, 0.5) is 0 Å². The number of benzene rings is 1. The SMILES string of the molecule is CCCCCOC1C=CCN1S(=O)(=O)c1ccccc1. The molecule has 0 aromatic heterocycles. The van der Waals surface area contributed by atoms with Gasteiger partial charge in [-0.05, 0) is 24.6 Å². The minimum Gasteiger partial charge on any atom is -0.358 e. The van der Waals surface area contributed by atoms with Crippen LogP contribution in [0, 0.1) is 0 Å². The van der Waals surface area contributed by atoms with E-state index in [2.05, 4.69) is 6.92 Å². The first-order valence-corrected chi connectivity index (χ1v) is 8.45. The second-order valence-corrected chi connectivity index (χ2v) is 6.67. The molecule has 5 heteroatoms. The maximum atomic E-state index is 12.5. The molecule has 4 nitrogen and oxygen atoms in total. The first-order valence-electron chi connectivity index (χ1n) is 7.01. The molecule has 1 unspecified atom stereocenters. The Bertz CT molecular complexity index is 539. The van der Waals surface area contributed by atoms with Crippen LogP contribution in [0.15, 0.2) is 47.4 Å². The molecule has 20 heavy (non-hydrogen) atoms. The van der Waals surface area contributed by atoms with Crippen LogP contribution < -0.4 is 0 Å². The van der Waals surface area contributed by atoms with Crippen LogP contribution in [-0.2, 0) is 14.8 Å². The quantitative estimate of drug-likeness (QED) is 0.574. The largest absolute Gasteiger partial charge is 0.358 e. The fourth-order valence-electron chi connectivity index (χ4n) is 2.14. The summed E-state index contributed by atoms with van der Waals surface area (Å²) in [5, 5.41) is 0. The molecule has 0 N–H and O–H groups in total. The molecule has 1 aromatic rings.